The third-order valence-electron chi connectivity index (χ3n) is 5.58. The molecule has 0 spiro atoms. The summed E-state index contributed by atoms with van der Waals surface area (Å²) in [5, 5.41) is 7.30. The number of nitrogens with zero attached hydrogens (tertiary/aromatic N) is 2. The van der Waals surface area contributed by atoms with Crippen LogP contribution in [-0.4, -0.2) is 40.6 Å². The van der Waals surface area contributed by atoms with Gasteiger partial charge in [0.1, 0.15) is 0 Å². The third kappa shape index (κ3) is 2.58. The van der Waals surface area contributed by atoms with Gasteiger partial charge in [0.05, 0.1) is 11.0 Å². The molecule has 2 aliphatic rings. The van der Waals surface area contributed by atoms with E-state index in [1.165, 1.54) is 0 Å². The van der Waals surface area contributed by atoms with E-state index in [-0.39, 0.29) is 11.5 Å². The van der Waals surface area contributed by atoms with Gasteiger partial charge >= 0.3 is 6.18 Å². The molecule has 0 bridgehead atoms. The van der Waals surface area contributed by atoms with E-state index in [9.17, 15) is 22.8 Å². The Morgan fingerprint density at radius 3 is 2.54 bits per heavy atom. The molecule has 2 aliphatic heterocycles. The van der Waals surface area contributed by atoms with Crippen molar-refractivity contribution in [3.05, 3.63) is 23.3 Å². The topological polar surface area (TPSA) is 88.1 Å². The van der Waals surface area contributed by atoms with Gasteiger partial charge in [0.2, 0.25) is 11.9 Å². The smallest absolute Gasteiger partial charge is 0.317 e. The Morgan fingerprint density at radius 2 is 1.89 bits per heavy atom. The molecule has 3 heterocycles. The van der Waals surface area contributed by atoms with Crippen LogP contribution < -0.4 is 16.0 Å². The van der Waals surface area contributed by atoms with Crippen molar-refractivity contribution < 1.29 is 22.8 Å². The molecule has 7 nitrogen and oxygen atoms in total. The Morgan fingerprint density at radius 1 is 1.25 bits per heavy atom. The molecule has 3 N–H and O–H groups in total. The number of anilines is 1. The molecule has 4 rings (SSSR count). The van der Waals surface area contributed by atoms with E-state index < -0.39 is 29.6 Å². The summed E-state index contributed by atoms with van der Waals surface area (Å²) in [7, 11) is 0. The molecule has 1 unspecified atom stereocenters. The largest absolute Gasteiger partial charge is 0.440 e. The maximum atomic E-state index is 14.3. The molecular weight excluding hydrogens is 375 g/mol. The lowest BCUT2D eigenvalue weighted by Crippen LogP contribution is -2.64. The van der Waals surface area contributed by atoms with Gasteiger partial charge in [-0.3, -0.25) is 19.5 Å². The minimum atomic E-state index is -5.06. The lowest BCUT2D eigenvalue weighted by Gasteiger charge is -2.34. The normalized spacial score (nSPS) is 23.0. The molecule has 1 fully saturated rings. The Bertz CT molecular complexity index is 978. The van der Waals surface area contributed by atoms with Gasteiger partial charge in [-0.05, 0) is 63.0 Å². The number of aryl methyl sites for hydroxylation is 2. The van der Waals surface area contributed by atoms with Crippen LogP contribution >= 0.6 is 0 Å². The quantitative estimate of drug-likeness (QED) is 0.725. The van der Waals surface area contributed by atoms with Crippen molar-refractivity contribution >= 4 is 28.8 Å². The van der Waals surface area contributed by atoms with Crippen molar-refractivity contribution in [1.29, 1.82) is 0 Å². The van der Waals surface area contributed by atoms with Crippen LogP contribution in [0.15, 0.2) is 12.1 Å². The average molecular weight is 395 g/mol. The van der Waals surface area contributed by atoms with Crippen LogP contribution in [0.5, 0.6) is 0 Å². The first-order valence-corrected chi connectivity index (χ1v) is 9.06. The molecule has 0 saturated carbocycles. The summed E-state index contributed by atoms with van der Waals surface area (Å²) < 4.78 is 43.7. The predicted molar refractivity (Wildman–Crippen MR) is 95.6 cm³/mol. The van der Waals surface area contributed by atoms with Gasteiger partial charge in [0.15, 0.2) is 0 Å². The van der Waals surface area contributed by atoms with E-state index in [0.717, 1.165) is 15.7 Å². The van der Waals surface area contributed by atoms with Gasteiger partial charge in [-0.25, -0.2) is 4.98 Å². The predicted octanol–water partition coefficient (Wildman–Crippen LogP) is 1.94. The van der Waals surface area contributed by atoms with E-state index in [2.05, 4.69) is 15.6 Å². The maximum absolute atomic E-state index is 14.3. The molecule has 0 radical (unpaired) electrons. The fraction of sp³-hybridized carbons (Fsp3) is 0.500. The van der Waals surface area contributed by atoms with Crippen LogP contribution in [0.2, 0.25) is 0 Å². The summed E-state index contributed by atoms with van der Waals surface area (Å²) in [4.78, 5) is 29.4. The number of carbonyl (C=O) groups is 2. The first kappa shape index (κ1) is 18.7. The molecule has 28 heavy (non-hydrogen) atoms. The highest BCUT2D eigenvalue weighted by atomic mass is 19.4. The van der Waals surface area contributed by atoms with Crippen molar-refractivity contribution in [2.75, 3.05) is 18.4 Å². The van der Waals surface area contributed by atoms with E-state index >= 15 is 0 Å². The van der Waals surface area contributed by atoms with Crippen molar-refractivity contribution in [3.8, 4) is 0 Å². The van der Waals surface area contributed by atoms with Crippen LogP contribution in [0.3, 0.4) is 0 Å². The van der Waals surface area contributed by atoms with E-state index in [0.29, 0.717) is 31.4 Å². The highest BCUT2D eigenvalue weighted by Crippen LogP contribution is 2.44. The number of piperidine rings is 1. The molecule has 1 saturated heterocycles. The first-order chi connectivity index (χ1) is 13.1. The number of benzene rings is 1. The van der Waals surface area contributed by atoms with Crippen LogP contribution in [0.1, 0.15) is 24.0 Å². The van der Waals surface area contributed by atoms with Gasteiger partial charge in [0.25, 0.3) is 11.6 Å². The third-order valence-corrected chi connectivity index (χ3v) is 5.58. The van der Waals surface area contributed by atoms with Crippen molar-refractivity contribution in [1.82, 2.24) is 20.2 Å². The number of hydrogen-bond donors (Lipinski definition) is 3. The summed E-state index contributed by atoms with van der Waals surface area (Å²) in [6.07, 6.45) is -4.23. The summed E-state index contributed by atoms with van der Waals surface area (Å²) in [5.74, 6) is -2.96. The average Bonchev–Trinajstić information content (AvgIpc) is 3.10. The first-order valence-electron chi connectivity index (χ1n) is 9.06. The van der Waals surface area contributed by atoms with E-state index in [4.69, 9.17) is 0 Å². The molecule has 1 aromatic heterocycles. The number of rotatable bonds is 2. The Labute approximate surface area is 158 Å². The van der Waals surface area contributed by atoms with Crippen LogP contribution in [0.4, 0.5) is 19.1 Å². The zero-order valence-corrected chi connectivity index (χ0v) is 15.4. The number of amides is 2. The Hall–Kier alpha value is -2.62. The lowest BCUT2D eigenvalue weighted by molar-refractivity contribution is -0.218. The minimum Gasteiger partial charge on any atom is -0.317 e. The molecule has 1 atom stereocenters. The molecule has 2 amide bonds. The summed E-state index contributed by atoms with van der Waals surface area (Å²) in [6, 6.07) is 3.22. The molecule has 10 heteroatoms. The van der Waals surface area contributed by atoms with Crippen molar-refractivity contribution in [2.45, 2.75) is 38.5 Å². The summed E-state index contributed by atoms with van der Waals surface area (Å²) >= 11 is 0. The number of halogens is 3. The molecule has 1 aromatic carbocycles. The zero-order chi connectivity index (χ0) is 20.3. The number of carbonyl (C=O) groups excluding carboxylic acids is 2. The van der Waals surface area contributed by atoms with Crippen molar-refractivity contribution in [3.63, 3.8) is 0 Å². The molecule has 0 aliphatic carbocycles. The second-order valence-corrected chi connectivity index (χ2v) is 7.37. The fourth-order valence-corrected chi connectivity index (χ4v) is 3.85. The highest BCUT2D eigenvalue weighted by molar-refractivity contribution is 6.05. The fourth-order valence-electron chi connectivity index (χ4n) is 3.85. The van der Waals surface area contributed by atoms with Gasteiger partial charge < -0.3 is 10.6 Å². The zero-order valence-electron chi connectivity index (χ0n) is 15.4. The van der Waals surface area contributed by atoms with E-state index in [1.54, 1.807) is 19.1 Å². The highest BCUT2D eigenvalue weighted by Gasteiger charge is 2.67. The molecular formula is C18H20F3N5O2. The second-order valence-electron chi connectivity index (χ2n) is 7.37. The molecule has 2 aromatic rings. The van der Waals surface area contributed by atoms with Crippen LogP contribution in [0, 0.1) is 19.8 Å². The number of nitrogens with one attached hydrogen (secondary N) is 3. The number of aromatic nitrogens is 2. The maximum Gasteiger partial charge on any atom is 0.440 e. The standard InChI is InChI=1S/C18H20F3N5O2/c1-9-7-12-13(8-10(9)2)26-16(23-12)24-15(28)17(26,18(19,20)21)25-14(27)11-3-5-22-6-4-11/h7-8,11,22H,3-6H2,1-2H3,(H,25,27)(H,23,24,28). The SMILES string of the molecule is Cc1cc2nc3n(c2cc1C)C(NC(=O)C1CCNCC1)(C(F)(F)F)C(=O)N3. The van der Waals surface area contributed by atoms with Gasteiger partial charge in [-0.15, -0.1) is 0 Å². The lowest BCUT2D eigenvalue weighted by atomic mass is 9.96. The van der Waals surface area contributed by atoms with Crippen LogP contribution in [-0.2, 0) is 15.3 Å². The summed E-state index contributed by atoms with van der Waals surface area (Å²) in [5.41, 5.74) is -1.13. The monoisotopic (exact) mass is 395 g/mol. The number of fused-ring (bicyclic) bond motifs is 3. The van der Waals surface area contributed by atoms with E-state index in [1.807, 2.05) is 12.2 Å². The van der Waals surface area contributed by atoms with Crippen LogP contribution in [0.25, 0.3) is 11.0 Å². The van der Waals surface area contributed by atoms with Gasteiger partial charge in [-0.2, -0.15) is 13.2 Å². The minimum absolute atomic E-state index is 0.138. The number of alkyl halides is 3. The summed E-state index contributed by atoms with van der Waals surface area (Å²) in [6.45, 7) is 4.68. The van der Waals surface area contributed by atoms with Gasteiger partial charge in [-0.1, -0.05) is 0 Å². The number of imidazole rings is 1. The molecule has 150 valence electrons. The number of hydrogen-bond acceptors (Lipinski definition) is 4. The Kier molecular flexibility index (Phi) is 4.14. The Balaban J connectivity index is 1.87. The van der Waals surface area contributed by atoms with Crippen molar-refractivity contribution in [2.24, 2.45) is 5.92 Å². The van der Waals surface area contributed by atoms with Gasteiger partial charge in [0, 0.05) is 5.92 Å². The second kappa shape index (κ2) is 6.20.